The van der Waals surface area contributed by atoms with Gasteiger partial charge in [-0.1, -0.05) is 79.1 Å². The smallest absolute Gasteiger partial charge is 0.136 e. The van der Waals surface area contributed by atoms with Crippen LogP contribution in [0.1, 0.15) is 91.9 Å². The van der Waals surface area contributed by atoms with Crippen molar-refractivity contribution in [2.24, 2.45) is 11.8 Å². The molecule has 0 aromatic carbocycles. The number of unbranched alkanes of at least 4 members (excludes halogenated alkanes) is 2. The van der Waals surface area contributed by atoms with E-state index in [-0.39, 0.29) is 0 Å². The van der Waals surface area contributed by atoms with Crippen molar-refractivity contribution in [2.75, 3.05) is 7.11 Å². The van der Waals surface area contributed by atoms with Gasteiger partial charge in [-0.2, -0.15) is 0 Å². The summed E-state index contributed by atoms with van der Waals surface area (Å²) >= 11 is 0. The molecule has 2 nitrogen and oxygen atoms in total. The van der Waals surface area contributed by atoms with E-state index >= 15 is 0 Å². The highest BCUT2D eigenvalue weighted by Gasteiger charge is 2.21. The SMILES string of the molecule is CCCCC(CC)C[C](CC(CC)CCCC)OOC. The van der Waals surface area contributed by atoms with E-state index in [1.54, 1.807) is 7.11 Å². The van der Waals surface area contributed by atoms with E-state index in [4.69, 9.17) is 9.78 Å². The molecule has 0 spiro atoms. The molecule has 1 radical (unpaired) electrons. The Kier molecular flexibility index (Phi) is 13.8. The zero-order chi connectivity index (χ0) is 15.2. The number of rotatable bonds is 14. The van der Waals surface area contributed by atoms with Gasteiger partial charge >= 0.3 is 0 Å². The summed E-state index contributed by atoms with van der Waals surface area (Å²) in [5, 5.41) is 0. The predicted octanol–water partition coefficient (Wildman–Crippen LogP) is 6.31. The molecule has 0 aromatic rings. The molecule has 0 saturated carbocycles. The molecule has 121 valence electrons. The zero-order valence-electron chi connectivity index (χ0n) is 14.5. The zero-order valence-corrected chi connectivity index (χ0v) is 14.5. The molecule has 0 bridgehead atoms. The molecule has 2 unspecified atom stereocenters. The van der Waals surface area contributed by atoms with Crippen LogP contribution in [-0.4, -0.2) is 7.11 Å². The first-order chi connectivity index (χ1) is 9.71. The Morgan fingerprint density at radius 1 is 0.800 bits per heavy atom. The van der Waals surface area contributed by atoms with Crippen LogP contribution in [0, 0.1) is 17.9 Å². The molecule has 0 fully saturated rings. The molecule has 0 rings (SSSR count). The van der Waals surface area contributed by atoms with Crippen LogP contribution in [0.2, 0.25) is 0 Å². The largest absolute Gasteiger partial charge is 0.239 e. The Balaban J connectivity index is 4.29. The maximum atomic E-state index is 5.48. The van der Waals surface area contributed by atoms with Crippen molar-refractivity contribution in [2.45, 2.75) is 91.9 Å². The lowest BCUT2D eigenvalue weighted by Crippen LogP contribution is -2.14. The molecule has 20 heavy (non-hydrogen) atoms. The second kappa shape index (κ2) is 13.9. The van der Waals surface area contributed by atoms with Crippen LogP contribution < -0.4 is 0 Å². The predicted molar refractivity (Wildman–Crippen MR) is 87.2 cm³/mol. The van der Waals surface area contributed by atoms with Gasteiger partial charge in [0.2, 0.25) is 0 Å². The minimum absolute atomic E-state index is 0.754. The quantitative estimate of drug-likeness (QED) is 0.275. The van der Waals surface area contributed by atoms with Gasteiger partial charge in [-0.05, 0) is 24.7 Å². The van der Waals surface area contributed by atoms with Crippen molar-refractivity contribution in [1.82, 2.24) is 0 Å². The molecule has 0 heterocycles. The van der Waals surface area contributed by atoms with Gasteiger partial charge < -0.3 is 0 Å². The molecule has 0 saturated heterocycles. The third kappa shape index (κ3) is 9.77. The molecule has 0 N–H and O–H groups in total. The van der Waals surface area contributed by atoms with E-state index in [1.165, 1.54) is 57.5 Å². The van der Waals surface area contributed by atoms with Gasteiger partial charge in [-0.15, -0.1) is 0 Å². The number of hydrogen-bond acceptors (Lipinski definition) is 2. The summed E-state index contributed by atoms with van der Waals surface area (Å²) in [6.07, 6.45) is 13.6. The van der Waals surface area contributed by atoms with Gasteiger partial charge in [-0.25, -0.2) is 9.78 Å². The molecule has 0 aliphatic carbocycles. The first-order valence-corrected chi connectivity index (χ1v) is 8.76. The Bertz CT molecular complexity index is 176. The van der Waals surface area contributed by atoms with Crippen LogP contribution in [-0.2, 0) is 9.78 Å². The Morgan fingerprint density at radius 2 is 1.25 bits per heavy atom. The van der Waals surface area contributed by atoms with E-state index in [1.807, 2.05) is 0 Å². The van der Waals surface area contributed by atoms with E-state index in [0.717, 1.165) is 24.7 Å². The number of hydrogen-bond donors (Lipinski definition) is 0. The lowest BCUT2D eigenvalue weighted by atomic mass is 9.87. The van der Waals surface area contributed by atoms with Crippen molar-refractivity contribution in [3.8, 4) is 0 Å². The third-order valence-electron chi connectivity index (χ3n) is 4.32. The lowest BCUT2D eigenvalue weighted by molar-refractivity contribution is -0.271. The van der Waals surface area contributed by atoms with Gasteiger partial charge in [-0.3, -0.25) is 0 Å². The lowest BCUT2D eigenvalue weighted by Gasteiger charge is -2.24. The summed E-state index contributed by atoms with van der Waals surface area (Å²) in [5.41, 5.74) is 0. The molecule has 0 aliphatic heterocycles. The molecular formula is C18H37O2. The summed E-state index contributed by atoms with van der Waals surface area (Å²) < 4.78 is 0. The monoisotopic (exact) mass is 285 g/mol. The highest BCUT2D eigenvalue weighted by atomic mass is 17.2. The fourth-order valence-corrected chi connectivity index (χ4v) is 2.80. The van der Waals surface area contributed by atoms with Crippen molar-refractivity contribution < 1.29 is 9.78 Å². The Morgan fingerprint density at radius 3 is 1.55 bits per heavy atom. The minimum Gasteiger partial charge on any atom is -0.239 e. The molecule has 2 heteroatoms. The van der Waals surface area contributed by atoms with Crippen LogP contribution in [0.5, 0.6) is 0 Å². The van der Waals surface area contributed by atoms with Crippen molar-refractivity contribution >= 4 is 0 Å². The average Bonchev–Trinajstić information content (AvgIpc) is 2.47. The summed E-state index contributed by atoms with van der Waals surface area (Å²) in [6, 6.07) is 0. The Hall–Kier alpha value is -0.0800. The first kappa shape index (κ1) is 19.9. The van der Waals surface area contributed by atoms with E-state index in [2.05, 4.69) is 27.7 Å². The fourth-order valence-electron chi connectivity index (χ4n) is 2.80. The maximum Gasteiger partial charge on any atom is 0.136 e. The summed E-state index contributed by atoms with van der Waals surface area (Å²) in [4.78, 5) is 10.4. The van der Waals surface area contributed by atoms with Crippen LogP contribution in [0.25, 0.3) is 0 Å². The van der Waals surface area contributed by atoms with E-state index in [0.29, 0.717) is 0 Å². The van der Waals surface area contributed by atoms with E-state index < -0.39 is 0 Å². The highest BCUT2D eigenvalue weighted by molar-refractivity contribution is 4.83. The summed E-state index contributed by atoms with van der Waals surface area (Å²) in [5.74, 6) is 1.51. The first-order valence-electron chi connectivity index (χ1n) is 8.76. The average molecular weight is 285 g/mol. The highest BCUT2D eigenvalue weighted by Crippen LogP contribution is 2.31. The molecule has 0 aromatic heterocycles. The topological polar surface area (TPSA) is 18.5 Å². The van der Waals surface area contributed by atoms with Crippen molar-refractivity contribution in [3.63, 3.8) is 0 Å². The molecule has 0 aliphatic rings. The van der Waals surface area contributed by atoms with Crippen molar-refractivity contribution in [3.05, 3.63) is 6.10 Å². The van der Waals surface area contributed by atoms with Crippen LogP contribution in [0.3, 0.4) is 0 Å². The standard InChI is InChI=1S/C18H37O2/c1-6-10-12-16(8-3)14-18(20-19-5)15-17(9-4)13-11-7-2/h16-17H,6-15H2,1-5H3. The third-order valence-corrected chi connectivity index (χ3v) is 4.32. The maximum absolute atomic E-state index is 5.48. The van der Waals surface area contributed by atoms with Gasteiger partial charge in [0.25, 0.3) is 0 Å². The van der Waals surface area contributed by atoms with E-state index in [9.17, 15) is 0 Å². The minimum atomic E-state index is 0.754. The summed E-state index contributed by atoms with van der Waals surface area (Å²) in [7, 11) is 1.62. The van der Waals surface area contributed by atoms with Crippen molar-refractivity contribution in [1.29, 1.82) is 0 Å². The second-order valence-corrected chi connectivity index (χ2v) is 6.03. The van der Waals surface area contributed by atoms with Gasteiger partial charge in [0.15, 0.2) is 0 Å². The molecule has 0 amide bonds. The van der Waals surface area contributed by atoms with Crippen LogP contribution in [0.4, 0.5) is 0 Å². The van der Waals surface area contributed by atoms with Gasteiger partial charge in [0.1, 0.15) is 6.10 Å². The van der Waals surface area contributed by atoms with Crippen LogP contribution >= 0.6 is 0 Å². The summed E-state index contributed by atoms with van der Waals surface area (Å²) in [6.45, 7) is 9.11. The van der Waals surface area contributed by atoms with Crippen LogP contribution in [0.15, 0.2) is 0 Å². The molecular weight excluding hydrogens is 248 g/mol. The fraction of sp³-hybridized carbons (Fsp3) is 0.944. The van der Waals surface area contributed by atoms with Gasteiger partial charge in [0, 0.05) is 0 Å². The second-order valence-electron chi connectivity index (χ2n) is 6.03. The van der Waals surface area contributed by atoms with Gasteiger partial charge in [0.05, 0.1) is 7.11 Å². The Labute approximate surface area is 127 Å². The molecule has 2 atom stereocenters. The normalized spacial score (nSPS) is 14.7.